The normalized spacial score (nSPS) is 13.1. The number of carbonyl (C=O) groups is 1. The Labute approximate surface area is 218 Å². The summed E-state index contributed by atoms with van der Waals surface area (Å²) in [7, 11) is 1.69. The lowest BCUT2D eigenvalue weighted by atomic mass is 10.2. The van der Waals surface area contributed by atoms with E-state index in [1.165, 1.54) is 0 Å². The fraction of sp³-hybridized carbons (Fsp3) is 0.269. The maximum Gasteiger partial charge on any atom is 0.319 e. The van der Waals surface area contributed by atoms with Crippen LogP contribution in [0.15, 0.2) is 54.9 Å². The molecule has 0 unspecified atom stereocenters. The van der Waals surface area contributed by atoms with Crippen molar-refractivity contribution in [2.45, 2.75) is 25.4 Å². The smallest absolute Gasteiger partial charge is 0.319 e. The van der Waals surface area contributed by atoms with E-state index in [9.17, 15) is 4.79 Å². The molecule has 8 nitrogen and oxygen atoms in total. The number of fused-ring (bicyclic) bond motifs is 1. The first kappa shape index (κ1) is 24.5. The molecule has 5 rings (SSSR count). The van der Waals surface area contributed by atoms with Gasteiger partial charge in [-0.15, -0.1) is 11.3 Å². The monoisotopic (exact) mass is 523 g/mol. The molecule has 0 spiro atoms. The number of hydrogen-bond acceptors (Lipinski definition) is 7. The van der Waals surface area contributed by atoms with Crippen molar-refractivity contribution in [2.24, 2.45) is 0 Å². The van der Waals surface area contributed by atoms with E-state index >= 15 is 0 Å². The summed E-state index contributed by atoms with van der Waals surface area (Å²) in [5.41, 5.74) is 3.36. The van der Waals surface area contributed by atoms with Gasteiger partial charge >= 0.3 is 6.03 Å². The quantitative estimate of drug-likeness (QED) is 0.226. The second-order valence-electron chi connectivity index (χ2n) is 8.47. The molecule has 0 radical (unpaired) electrons. The topological polar surface area (TPSA) is 97.4 Å². The van der Waals surface area contributed by atoms with Crippen LogP contribution in [0.4, 0.5) is 10.5 Å². The molecular formula is C26H26ClN5O3S. The van der Waals surface area contributed by atoms with Gasteiger partial charge in [0.1, 0.15) is 11.5 Å². The second kappa shape index (κ2) is 11.2. The Morgan fingerprint density at radius 1 is 1.17 bits per heavy atom. The highest BCUT2D eigenvalue weighted by Gasteiger charge is 2.23. The molecule has 2 amide bonds. The van der Waals surface area contributed by atoms with Crippen LogP contribution < -0.4 is 20.7 Å². The molecular weight excluding hydrogens is 498 g/mol. The molecule has 1 saturated carbocycles. The number of methoxy groups -OCH3 is 1. The lowest BCUT2D eigenvalue weighted by Crippen LogP contribution is -2.30. The number of nitrogens with one attached hydrogen (secondary N) is 3. The molecule has 1 aliphatic rings. The van der Waals surface area contributed by atoms with Crippen molar-refractivity contribution in [1.82, 2.24) is 20.6 Å². The van der Waals surface area contributed by atoms with E-state index in [0.717, 1.165) is 52.3 Å². The number of pyridine rings is 2. The summed E-state index contributed by atoms with van der Waals surface area (Å²) in [5, 5.41) is 9.38. The number of amides is 2. The summed E-state index contributed by atoms with van der Waals surface area (Å²) in [4.78, 5) is 22.2. The van der Waals surface area contributed by atoms with E-state index in [0.29, 0.717) is 28.8 Å². The van der Waals surface area contributed by atoms with Crippen molar-refractivity contribution in [1.29, 1.82) is 0 Å². The fourth-order valence-electron chi connectivity index (χ4n) is 3.56. The molecule has 3 aromatic heterocycles. The number of urea groups is 1. The molecule has 0 aliphatic heterocycles. The predicted molar refractivity (Wildman–Crippen MR) is 143 cm³/mol. The van der Waals surface area contributed by atoms with Gasteiger partial charge in [0.05, 0.1) is 38.1 Å². The van der Waals surface area contributed by atoms with Gasteiger partial charge in [0.25, 0.3) is 0 Å². The lowest BCUT2D eigenvalue weighted by Gasteiger charge is -2.11. The van der Waals surface area contributed by atoms with E-state index in [1.807, 2.05) is 24.4 Å². The van der Waals surface area contributed by atoms with Crippen LogP contribution >= 0.6 is 22.9 Å². The number of rotatable bonds is 10. The summed E-state index contributed by atoms with van der Waals surface area (Å²) in [6.07, 6.45) is 5.64. The lowest BCUT2D eigenvalue weighted by molar-refractivity contribution is 0.199. The predicted octanol–water partition coefficient (Wildman–Crippen LogP) is 5.82. The molecule has 36 heavy (non-hydrogen) atoms. The number of nitrogens with zero attached hydrogens (tertiary/aromatic N) is 2. The molecule has 3 N–H and O–H groups in total. The van der Waals surface area contributed by atoms with Crippen molar-refractivity contribution < 1.29 is 14.3 Å². The first-order valence-corrected chi connectivity index (χ1v) is 12.9. The van der Waals surface area contributed by atoms with Gasteiger partial charge in [0, 0.05) is 50.8 Å². The van der Waals surface area contributed by atoms with Gasteiger partial charge in [0.2, 0.25) is 0 Å². The largest absolute Gasteiger partial charge is 0.456 e. The van der Waals surface area contributed by atoms with Crippen LogP contribution in [0.5, 0.6) is 11.5 Å². The Bertz CT molecular complexity index is 1360. The summed E-state index contributed by atoms with van der Waals surface area (Å²) in [6, 6.07) is 13.2. The van der Waals surface area contributed by atoms with E-state index in [-0.39, 0.29) is 12.1 Å². The minimum atomic E-state index is -0.251. The maximum absolute atomic E-state index is 12.0. The van der Waals surface area contributed by atoms with Crippen molar-refractivity contribution in [3.05, 3.63) is 65.4 Å². The standard InChI is InChI=1S/C26H26ClN5O3S/c1-34-11-10-28-14-16-2-6-21(30-15-16)24-13-22-25(36-24)23(8-9-29-22)35-18-5-7-20(19(27)12-18)32-26(33)31-17-3-4-17/h2,5-9,12-13,15,17,28H,3-4,10-11,14H2,1H3,(H2,31,32,33). The molecule has 1 aromatic carbocycles. The number of ether oxygens (including phenoxy) is 2. The number of carbonyl (C=O) groups excluding carboxylic acids is 1. The Balaban J connectivity index is 1.29. The summed E-state index contributed by atoms with van der Waals surface area (Å²) < 4.78 is 12.1. The number of anilines is 1. The first-order chi connectivity index (χ1) is 17.6. The summed E-state index contributed by atoms with van der Waals surface area (Å²) in [6.45, 7) is 2.21. The molecule has 1 aliphatic carbocycles. The van der Waals surface area contributed by atoms with Gasteiger partial charge in [-0.3, -0.25) is 9.97 Å². The zero-order chi connectivity index (χ0) is 24.9. The highest BCUT2D eigenvalue weighted by Crippen LogP contribution is 2.39. The Morgan fingerprint density at radius 2 is 2.06 bits per heavy atom. The first-order valence-electron chi connectivity index (χ1n) is 11.7. The van der Waals surface area contributed by atoms with E-state index < -0.39 is 0 Å². The van der Waals surface area contributed by atoms with Crippen LogP contribution in [0.1, 0.15) is 18.4 Å². The van der Waals surface area contributed by atoms with E-state index in [4.69, 9.17) is 21.1 Å². The number of hydrogen-bond donors (Lipinski definition) is 3. The van der Waals surface area contributed by atoms with Crippen molar-refractivity contribution in [3.63, 3.8) is 0 Å². The highest BCUT2D eigenvalue weighted by atomic mass is 35.5. The Hall–Kier alpha value is -3.24. The third kappa shape index (κ3) is 6.11. The zero-order valence-corrected chi connectivity index (χ0v) is 21.3. The molecule has 0 bridgehead atoms. The molecule has 4 aromatic rings. The summed E-state index contributed by atoms with van der Waals surface area (Å²) in [5.74, 6) is 1.25. The molecule has 10 heteroatoms. The van der Waals surface area contributed by atoms with Gasteiger partial charge in [-0.2, -0.15) is 0 Å². The zero-order valence-electron chi connectivity index (χ0n) is 19.7. The average Bonchev–Trinajstić information content (AvgIpc) is 3.58. The minimum Gasteiger partial charge on any atom is -0.456 e. The number of aromatic nitrogens is 2. The van der Waals surface area contributed by atoms with Crippen LogP contribution in [0.25, 0.3) is 20.8 Å². The number of halogens is 1. The van der Waals surface area contributed by atoms with Crippen molar-refractivity contribution in [2.75, 3.05) is 25.6 Å². The Kier molecular flexibility index (Phi) is 7.62. The molecule has 1 fully saturated rings. The van der Waals surface area contributed by atoms with Gasteiger partial charge < -0.3 is 25.4 Å². The molecule has 186 valence electrons. The van der Waals surface area contributed by atoms with Crippen LogP contribution in [0.3, 0.4) is 0 Å². The Morgan fingerprint density at radius 3 is 2.81 bits per heavy atom. The van der Waals surface area contributed by atoms with E-state index in [2.05, 4.69) is 32.0 Å². The van der Waals surface area contributed by atoms with E-state index in [1.54, 1.807) is 42.8 Å². The molecule has 0 saturated heterocycles. The third-order valence-electron chi connectivity index (χ3n) is 5.59. The second-order valence-corrected chi connectivity index (χ2v) is 9.93. The van der Waals surface area contributed by atoms with Gasteiger partial charge in [-0.1, -0.05) is 17.7 Å². The maximum atomic E-state index is 12.0. The highest BCUT2D eigenvalue weighted by molar-refractivity contribution is 7.22. The molecule has 3 heterocycles. The summed E-state index contributed by atoms with van der Waals surface area (Å²) >= 11 is 7.98. The number of benzene rings is 1. The van der Waals surface area contributed by atoms with Crippen LogP contribution in [0, 0.1) is 0 Å². The molecule has 0 atom stereocenters. The van der Waals surface area contributed by atoms with Crippen LogP contribution in [-0.4, -0.2) is 42.3 Å². The third-order valence-corrected chi connectivity index (χ3v) is 7.07. The minimum absolute atomic E-state index is 0.251. The van der Waals surface area contributed by atoms with Gasteiger partial charge in [0.15, 0.2) is 0 Å². The van der Waals surface area contributed by atoms with Gasteiger partial charge in [-0.05, 0) is 42.7 Å². The SMILES string of the molecule is COCCNCc1ccc(-c2cc3nccc(Oc4ccc(NC(=O)NC5CC5)c(Cl)c4)c3s2)nc1. The van der Waals surface area contributed by atoms with Crippen molar-refractivity contribution >= 4 is 44.9 Å². The number of thiophene rings is 1. The average molecular weight is 524 g/mol. The van der Waals surface area contributed by atoms with Crippen LogP contribution in [-0.2, 0) is 11.3 Å². The van der Waals surface area contributed by atoms with Gasteiger partial charge in [-0.25, -0.2) is 4.79 Å². The fourth-order valence-corrected chi connectivity index (χ4v) is 4.82. The van der Waals surface area contributed by atoms with Crippen LogP contribution in [0.2, 0.25) is 5.02 Å². The van der Waals surface area contributed by atoms with Crippen molar-refractivity contribution in [3.8, 4) is 22.1 Å².